The van der Waals surface area contributed by atoms with Crippen LogP contribution in [0.15, 0.2) is 23.6 Å². The van der Waals surface area contributed by atoms with E-state index in [-0.39, 0.29) is 11.7 Å². The van der Waals surface area contributed by atoms with E-state index in [9.17, 15) is 4.79 Å². The van der Waals surface area contributed by atoms with Crippen LogP contribution < -0.4 is 11.1 Å². The minimum absolute atomic E-state index is 0.140. The maximum Gasteiger partial charge on any atom is 0.252 e. The molecular weight excluding hydrogens is 244 g/mol. The average molecular weight is 257 g/mol. The van der Waals surface area contributed by atoms with E-state index in [1.165, 1.54) is 12.4 Å². The molecule has 1 rings (SSSR count). The zero-order chi connectivity index (χ0) is 12.7. The largest absolute Gasteiger partial charge is 0.409 e. The summed E-state index contributed by atoms with van der Waals surface area (Å²) in [7, 11) is 0. The molecule has 1 aromatic rings. The summed E-state index contributed by atoms with van der Waals surface area (Å²) >= 11 is 5.81. The van der Waals surface area contributed by atoms with Gasteiger partial charge in [-0.15, -0.1) is 0 Å². The van der Waals surface area contributed by atoms with E-state index in [4.69, 9.17) is 22.5 Å². The Kier molecular flexibility index (Phi) is 5.22. The van der Waals surface area contributed by atoms with Gasteiger partial charge < -0.3 is 16.3 Å². The molecule has 0 saturated heterocycles. The van der Waals surface area contributed by atoms with Gasteiger partial charge >= 0.3 is 0 Å². The molecule has 0 aromatic carbocycles. The molecule has 0 unspecified atom stereocenters. The first-order valence-corrected chi connectivity index (χ1v) is 5.37. The van der Waals surface area contributed by atoms with Crippen LogP contribution in [0.2, 0.25) is 5.02 Å². The molecule has 0 aliphatic carbocycles. The Labute approximate surface area is 103 Å². The van der Waals surface area contributed by atoms with Crippen LogP contribution in [0.1, 0.15) is 23.2 Å². The number of halogens is 1. The number of pyridine rings is 1. The molecule has 0 aliphatic rings. The van der Waals surface area contributed by atoms with Crippen LogP contribution in [0.4, 0.5) is 0 Å². The van der Waals surface area contributed by atoms with Gasteiger partial charge in [0.2, 0.25) is 0 Å². The van der Waals surface area contributed by atoms with Crippen LogP contribution in [0.5, 0.6) is 0 Å². The Bertz CT molecular complexity index is 423. The van der Waals surface area contributed by atoms with Crippen LogP contribution in [0.3, 0.4) is 0 Å². The predicted octanol–water partition coefficient (Wildman–Crippen LogP) is 0.991. The van der Waals surface area contributed by atoms with Gasteiger partial charge in [0.1, 0.15) is 5.84 Å². The van der Waals surface area contributed by atoms with Crippen molar-refractivity contribution in [2.45, 2.75) is 12.8 Å². The van der Waals surface area contributed by atoms with Crippen molar-refractivity contribution in [3.63, 3.8) is 0 Å². The monoisotopic (exact) mass is 256 g/mol. The fraction of sp³-hybridized carbons (Fsp3) is 0.300. The number of rotatable bonds is 5. The zero-order valence-electron chi connectivity index (χ0n) is 9.06. The molecule has 0 saturated carbocycles. The number of hydrogen-bond acceptors (Lipinski definition) is 4. The molecular formula is C10H13ClN4O2. The minimum Gasteiger partial charge on any atom is -0.409 e. The number of oxime groups is 1. The summed E-state index contributed by atoms with van der Waals surface area (Å²) in [5.41, 5.74) is 5.66. The number of carbonyl (C=O) groups excluding carboxylic acids is 1. The summed E-state index contributed by atoms with van der Waals surface area (Å²) < 4.78 is 0. The van der Waals surface area contributed by atoms with Gasteiger partial charge in [-0.25, -0.2) is 0 Å². The smallest absolute Gasteiger partial charge is 0.252 e. The number of amides is 1. The summed E-state index contributed by atoms with van der Waals surface area (Å²) in [6, 6.07) is 1.54. The second-order valence-electron chi connectivity index (χ2n) is 3.31. The topological polar surface area (TPSA) is 101 Å². The van der Waals surface area contributed by atoms with Crippen molar-refractivity contribution >= 4 is 23.3 Å². The quantitative estimate of drug-likeness (QED) is 0.240. The Balaban J connectivity index is 2.38. The maximum absolute atomic E-state index is 11.6. The Morgan fingerprint density at radius 2 is 2.41 bits per heavy atom. The standard InChI is InChI=1S/C10H13ClN4O2/c11-8-6-13-5-3-7(8)10(16)14-4-1-2-9(12)15-17/h3,5-6,17H,1-2,4H2,(H2,12,15)(H,14,16). The average Bonchev–Trinajstić information content (AvgIpc) is 2.34. The summed E-state index contributed by atoms with van der Waals surface area (Å²) in [4.78, 5) is 15.4. The molecule has 1 aromatic heterocycles. The van der Waals surface area contributed by atoms with Gasteiger partial charge in [-0.1, -0.05) is 16.8 Å². The van der Waals surface area contributed by atoms with E-state index < -0.39 is 0 Å². The maximum atomic E-state index is 11.6. The predicted molar refractivity (Wildman–Crippen MR) is 64.2 cm³/mol. The van der Waals surface area contributed by atoms with E-state index in [1.54, 1.807) is 6.07 Å². The van der Waals surface area contributed by atoms with Gasteiger partial charge in [-0.3, -0.25) is 9.78 Å². The fourth-order valence-electron chi connectivity index (χ4n) is 1.18. The molecule has 92 valence electrons. The Hall–Kier alpha value is -1.82. The lowest BCUT2D eigenvalue weighted by Crippen LogP contribution is -2.25. The Morgan fingerprint density at radius 1 is 1.65 bits per heavy atom. The van der Waals surface area contributed by atoms with Crippen molar-refractivity contribution in [3.8, 4) is 0 Å². The molecule has 7 heteroatoms. The van der Waals surface area contributed by atoms with Crippen LogP contribution in [-0.4, -0.2) is 28.5 Å². The van der Waals surface area contributed by atoms with Crippen LogP contribution in [-0.2, 0) is 0 Å². The number of carbonyl (C=O) groups is 1. The molecule has 0 radical (unpaired) electrons. The Morgan fingerprint density at radius 3 is 3.06 bits per heavy atom. The van der Waals surface area contributed by atoms with E-state index in [1.807, 2.05) is 0 Å². The highest BCUT2D eigenvalue weighted by Gasteiger charge is 2.08. The van der Waals surface area contributed by atoms with Gasteiger partial charge in [0.15, 0.2) is 0 Å². The van der Waals surface area contributed by atoms with Crippen LogP contribution in [0, 0.1) is 0 Å². The number of nitrogens with zero attached hydrogens (tertiary/aromatic N) is 2. The second kappa shape index (κ2) is 6.70. The first-order chi connectivity index (χ1) is 8.15. The molecule has 17 heavy (non-hydrogen) atoms. The van der Waals surface area contributed by atoms with Crippen molar-refractivity contribution in [2.24, 2.45) is 10.9 Å². The number of amidine groups is 1. The number of nitrogens with one attached hydrogen (secondary N) is 1. The lowest BCUT2D eigenvalue weighted by Gasteiger charge is -2.05. The van der Waals surface area contributed by atoms with Gasteiger partial charge in [-0.2, -0.15) is 0 Å². The third-order valence-electron chi connectivity index (χ3n) is 2.04. The number of nitrogens with two attached hydrogens (primary N) is 1. The molecule has 6 nitrogen and oxygen atoms in total. The summed E-state index contributed by atoms with van der Waals surface area (Å²) in [5, 5.41) is 14.1. The fourth-order valence-corrected chi connectivity index (χ4v) is 1.38. The van der Waals surface area contributed by atoms with Crippen molar-refractivity contribution in [1.29, 1.82) is 0 Å². The van der Waals surface area contributed by atoms with E-state index in [0.717, 1.165) is 0 Å². The van der Waals surface area contributed by atoms with Gasteiger partial charge in [0.05, 0.1) is 10.6 Å². The van der Waals surface area contributed by atoms with E-state index >= 15 is 0 Å². The minimum atomic E-state index is -0.267. The third-order valence-corrected chi connectivity index (χ3v) is 2.34. The highest BCUT2D eigenvalue weighted by molar-refractivity contribution is 6.33. The molecule has 0 fully saturated rings. The second-order valence-corrected chi connectivity index (χ2v) is 3.71. The first kappa shape index (κ1) is 13.2. The molecule has 1 heterocycles. The van der Waals surface area contributed by atoms with Crippen molar-refractivity contribution < 1.29 is 10.0 Å². The lowest BCUT2D eigenvalue weighted by molar-refractivity contribution is 0.0953. The van der Waals surface area contributed by atoms with Crippen LogP contribution >= 0.6 is 11.6 Å². The molecule has 0 bridgehead atoms. The van der Waals surface area contributed by atoms with Crippen molar-refractivity contribution in [1.82, 2.24) is 10.3 Å². The molecule has 0 spiro atoms. The van der Waals surface area contributed by atoms with Crippen molar-refractivity contribution in [3.05, 3.63) is 29.0 Å². The molecule has 1 amide bonds. The van der Waals surface area contributed by atoms with Crippen LogP contribution in [0.25, 0.3) is 0 Å². The van der Waals surface area contributed by atoms with Gasteiger partial charge in [0, 0.05) is 25.4 Å². The molecule has 0 aliphatic heterocycles. The number of hydrogen-bond donors (Lipinski definition) is 3. The molecule has 4 N–H and O–H groups in total. The SMILES string of the molecule is NC(CCCNC(=O)c1ccncc1Cl)=NO. The van der Waals surface area contributed by atoms with E-state index in [0.29, 0.717) is 30.0 Å². The number of aromatic nitrogens is 1. The summed E-state index contributed by atoms with van der Waals surface area (Å²) in [6.45, 7) is 0.424. The van der Waals surface area contributed by atoms with Crippen molar-refractivity contribution in [2.75, 3.05) is 6.54 Å². The van der Waals surface area contributed by atoms with Gasteiger partial charge in [0.25, 0.3) is 5.91 Å². The lowest BCUT2D eigenvalue weighted by atomic mass is 10.2. The first-order valence-electron chi connectivity index (χ1n) is 4.99. The summed E-state index contributed by atoms with van der Waals surface area (Å²) in [6.07, 6.45) is 3.91. The normalized spacial score (nSPS) is 11.2. The summed E-state index contributed by atoms with van der Waals surface area (Å²) in [5.74, 6) is -0.127. The molecule has 0 atom stereocenters. The third kappa shape index (κ3) is 4.28. The van der Waals surface area contributed by atoms with E-state index in [2.05, 4.69) is 15.5 Å². The zero-order valence-corrected chi connectivity index (χ0v) is 9.81. The van der Waals surface area contributed by atoms with Gasteiger partial charge in [-0.05, 0) is 12.5 Å². The highest BCUT2D eigenvalue weighted by Crippen LogP contribution is 2.12. The highest BCUT2D eigenvalue weighted by atomic mass is 35.5.